The van der Waals surface area contributed by atoms with Crippen LogP contribution in [0.5, 0.6) is 5.75 Å². The highest BCUT2D eigenvalue weighted by Gasteiger charge is 2.35. The largest absolute Gasteiger partial charge is 0.494 e. The Morgan fingerprint density at radius 3 is 2.52 bits per heavy atom. The molecule has 1 aromatic heterocycles. The van der Waals surface area contributed by atoms with Crippen LogP contribution in [0.1, 0.15) is 17.5 Å². The smallest absolute Gasteiger partial charge is 0.421 e. The van der Waals surface area contributed by atoms with Crippen molar-refractivity contribution in [3.05, 3.63) is 72.1 Å². The summed E-state index contributed by atoms with van der Waals surface area (Å²) in [7, 11) is 1.44. The molecule has 4 N–H and O–H groups in total. The average Bonchev–Trinajstić information content (AvgIpc) is 3.16. The lowest BCUT2D eigenvalue weighted by molar-refractivity contribution is -0.145. The first-order chi connectivity index (χ1) is 19.9. The van der Waals surface area contributed by atoms with Gasteiger partial charge < -0.3 is 26.0 Å². The number of alkyl halides is 6. The van der Waals surface area contributed by atoms with Gasteiger partial charge >= 0.3 is 12.4 Å². The number of benzene rings is 2. The van der Waals surface area contributed by atoms with Gasteiger partial charge in [0.2, 0.25) is 5.95 Å². The van der Waals surface area contributed by atoms with Gasteiger partial charge in [0.15, 0.2) is 0 Å². The highest BCUT2D eigenvalue weighted by Crippen LogP contribution is 2.37. The summed E-state index contributed by atoms with van der Waals surface area (Å²) in [6, 6.07) is 12.0. The Morgan fingerprint density at radius 2 is 1.81 bits per heavy atom. The number of methoxy groups -OCH3 is 1. The summed E-state index contributed by atoms with van der Waals surface area (Å²) >= 11 is 0. The van der Waals surface area contributed by atoms with Crippen LogP contribution in [-0.2, 0) is 12.6 Å². The van der Waals surface area contributed by atoms with Crippen LogP contribution in [-0.4, -0.2) is 60.9 Å². The van der Waals surface area contributed by atoms with Crippen molar-refractivity contribution in [2.45, 2.75) is 25.2 Å². The van der Waals surface area contributed by atoms with Crippen LogP contribution in [0, 0.1) is 0 Å². The van der Waals surface area contributed by atoms with E-state index < -0.39 is 30.3 Å². The summed E-state index contributed by atoms with van der Waals surface area (Å²) in [5.74, 6) is -0.172. The SMILES string of the molecule is COc1cc(N2CCCN(CC(F)(F)F)CC2)ccc1Nc1ncc(C(F)(F)F)c(Nc2cccc(CC=CN)c2)n1. The van der Waals surface area contributed by atoms with Crippen molar-refractivity contribution in [2.75, 3.05) is 55.4 Å². The van der Waals surface area contributed by atoms with Gasteiger partial charge in [0.05, 0.1) is 19.3 Å². The molecule has 0 atom stereocenters. The molecule has 0 radical (unpaired) electrons. The molecule has 0 unspecified atom stereocenters. The number of nitrogens with one attached hydrogen (secondary N) is 2. The van der Waals surface area contributed by atoms with Crippen LogP contribution in [0.3, 0.4) is 0 Å². The standard InChI is InChI=1S/C28H31F6N7O/c1-42-24-16-21(41-12-4-11-40(13-14-41)18-27(29,30)31)8-9-23(24)38-26-36-17-22(28(32,33)34)25(39-26)37-20-7-2-5-19(15-20)6-3-10-35/h2-3,5,7-10,15-17H,4,6,11-14,18,35H2,1H3,(H2,36,37,38,39). The molecule has 1 fully saturated rings. The van der Waals surface area contributed by atoms with Gasteiger partial charge in [0.25, 0.3) is 0 Å². The lowest BCUT2D eigenvalue weighted by atomic mass is 10.1. The van der Waals surface area contributed by atoms with E-state index in [1.165, 1.54) is 18.2 Å². The molecule has 4 rings (SSSR count). The van der Waals surface area contributed by atoms with Gasteiger partial charge in [-0.15, -0.1) is 0 Å². The third-order valence-corrected chi connectivity index (χ3v) is 6.56. The molecule has 0 amide bonds. The van der Waals surface area contributed by atoms with Crippen molar-refractivity contribution >= 4 is 28.8 Å². The Bertz CT molecular complexity index is 1380. The molecule has 42 heavy (non-hydrogen) atoms. The monoisotopic (exact) mass is 595 g/mol. The number of ether oxygens (including phenoxy) is 1. The zero-order valence-corrected chi connectivity index (χ0v) is 22.8. The van der Waals surface area contributed by atoms with Crippen LogP contribution in [0.15, 0.2) is 60.9 Å². The van der Waals surface area contributed by atoms with E-state index in [1.54, 1.807) is 42.5 Å². The van der Waals surface area contributed by atoms with Gasteiger partial charge in [0.1, 0.15) is 17.1 Å². The Balaban J connectivity index is 1.54. The van der Waals surface area contributed by atoms with Crippen LogP contribution in [0.25, 0.3) is 0 Å². The molecule has 0 spiro atoms. The zero-order chi connectivity index (χ0) is 30.3. The maximum absolute atomic E-state index is 13.8. The molecule has 14 heteroatoms. The van der Waals surface area contributed by atoms with Gasteiger partial charge in [-0.05, 0) is 48.9 Å². The summed E-state index contributed by atoms with van der Waals surface area (Å²) in [5.41, 5.74) is 6.73. The van der Waals surface area contributed by atoms with Gasteiger partial charge in [-0.25, -0.2) is 4.98 Å². The zero-order valence-electron chi connectivity index (χ0n) is 22.8. The minimum absolute atomic E-state index is 0.101. The number of hydrogen-bond acceptors (Lipinski definition) is 8. The normalized spacial score (nSPS) is 15.1. The molecular formula is C28H31F6N7O. The third kappa shape index (κ3) is 8.41. The molecule has 0 bridgehead atoms. The Kier molecular flexibility index (Phi) is 9.66. The van der Waals surface area contributed by atoms with E-state index in [-0.39, 0.29) is 12.5 Å². The highest BCUT2D eigenvalue weighted by molar-refractivity contribution is 5.69. The number of aromatic nitrogens is 2. The Labute approximate surface area is 239 Å². The highest BCUT2D eigenvalue weighted by atomic mass is 19.4. The number of rotatable bonds is 9. The van der Waals surface area contributed by atoms with Crippen molar-refractivity contribution in [3.8, 4) is 5.75 Å². The third-order valence-electron chi connectivity index (χ3n) is 6.56. The molecule has 0 saturated carbocycles. The molecule has 3 aromatic rings. The summed E-state index contributed by atoms with van der Waals surface area (Å²) in [4.78, 5) is 11.3. The van der Waals surface area contributed by atoms with Gasteiger partial charge in [0, 0.05) is 49.8 Å². The minimum atomic E-state index is -4.71. The summed E-state index contributed by atoms with van der Waals surface area (Å²) in [5, 5.41) is 5.66. The van der Waals surface area contributed by atoms with E-state index >= 15 is 0 Å². The second-order valence-electron chi connectivity index (χ2n) is 9.65. The number of halogens is 6. The molecule has 1 aliphatic rings. The van der Waals surface area contributed by atoms with Crippen molar-refractivity contribution < 1.29 is 31.1 Å². The van der Waals surface area contributed by atoms with Crippen molar-refractivity contribution in [1.29, 1.82) is 0 Å². The van der Waals surface area contributed by atoms with E-state index in [9.17, 15) is 26.3 Å². The van der Waals surface area contributed by atoms with Crippen LogP contribution in [0.2, 0.25) is 0 Å². The number of anilines is 5. The fraction of sp³-hybridized carbons (Fsp3) is 0.357. The van der Waals surface area contributed by atoms with Gasteiger partial charge in [-0.2, -0.15) is 31.3 Å². The molecule has 1 aliphatic heterocycles. The molecule has 226 valence electrons. The predicted octanol–water partition coefficient (Wildman–Crippen LogP) is 6.08. The van der Waals surface area contributed by atoms with E-state index in [1.807, 2.05) is 11.0 Å². The van der Waals surface area contributed by atoms with Gasteiger partial charge in [-0.1, -0.05) is 18.2 Å². The lowest BCUT2D eigenvalue weighted by Gasteiger charge is -2.25. The van der Waals surface area contributed by atoms with Crippen LogP contribution < -0.4 is 26.0 Å². The summed E-state index contributed by atoms with van der Waals surface area (Å²) < 4.78 is 85.3. The van der Waals surface area contributed by atoms with Gasteiger partial charge in [-0.3, -0.25) is 4.90 Å². The first kappa shape index (κ1) is 30.8. The second kappa shape index (κ2) is 13.2. The lowest BCUT2D eigenvalue weighted by Crippen LogP contribution is -2.37. The van der Waals surface area contributed by atoms with E-state index in [2.05, 4.69) is 20.6 Å². The fourth-order valence-electron chi connectivity index (χ4n) is 4.60. The van der Waals surface area contributed by atoms with Crippen molar-refractivity contribution in [1.82, 2.24) is 14.9 Å². The molecule has 2 heterocycles. The van der Waals surface area contributed by atoms with Crippen molar-refractivity contribution in [2.24, 2.45) is 5.73 Å². The van der Waals surface area contributed by atoms with E-state index in [0.29, 0.717) is 55.8 Å². The number of allylic oxidation sites excluding steroid dienone is 1. The first-order valence-corrected chi connectivity index (χ1v) is 13.1. The van der Waals surface area contributed by atoms with Crippen molar-refractivity contribution in [3.63, 3.8) is 0 Å². The first-order valence-electron chi connectivity index (χ1n) is 13.1. The number of hydrogen-bond donors (Lipinski definition) is 3. The number of nitrogens with zero attached hydrogens (tertiary/aromatic N) is 4. The van der Waals surface area contributed by atoms with Crippen LogP contribution >= 0.6 is 0 Å². The van der Waals surface area contributed by atoms with E-state index in [0.717, 1.165) is 11.3 Å². The Morgan fingerprint density at radius 1 is 1.00 bits per heavy atom. The molecular weight excluding hydrogens is 564 g/mol. The Hall–Kier alpha value is -4.20. The summed E-state index contributed by atoms with van der Waals surface area (Å²) in [6.45, 7) is 0.596. The second-order valence-corrected chi connectivity index (χ2v) is 9.65. The molecule has 0 aliphatic carbocycles. The average molecular weight is 596 g/mol. The maximum Gasteiger partial charge on any atom is 0.421 e. The van der Waals surface area contributed by atoms with E-state index in [4.69, 9.17) is 10.5 Å². The quantitative estimate of drug-likeness (QED) is 0.257. The fourth-order valence-corrected chi connectivity index (χ4v) is 4.60. The summed E-state index contributed by atoms with van der Waals surface area (Å²) in [6.07, 6.45) is -4.08. The number of nitrogens with two attached hydrogens (primary N) is 1. The molecule has 1 saturated heterocycles. The van der Waals surface area contributed by atoms with Crippen LogP contribution in [0.4, 0.5) is 55.2 Å². The minimum Gasteiger partial charge on any atom is -0.494 e. The predicted molar refractivity (Wildman–Crippen MR) is 149 cm³/mol. The topological polar surface area (TPSA) is 91.6 Å². The molecule has 8 nitrogen and oxygen atoms in total. The molecule has 2 aromatic carbocycles. The maximum atomic E-state index is 13.8.